The second kappa shape index (κ2) is 13.6. The summed E-state index contributed by atoms with van der Waals surface area (Å²) in [7, 11) is 0. The van der Waals surface area contributed by atoms with Gasteiger partial charge in [-0.1, -0.05) is 129 Å². The summed E-state index contributed by atoms with van der Waals surface area (Å²) in [5.74, 6) is 0. The number of hydrogen-bond acceptors (Lipinski definition) is 0. The summed E-state index contributed by atoms with van der Waals surface area (Å²) >= 11 is 0. The van der Waals surface area contributed by atoms with Crippen molar-refractivity contribution in [1.29, 1.82) is 0 Å². The highest BCUT2D eigenvalue weighted by Gasteiger charge is 2.28. The lowest BCUT2D eigenvalue weighted by Crippen LogP contribution is -3.06. The van der Waals surface area contributed by atoms with E-state index in [4.69, 9.17) is 0 Å². The van der Waals surface area contributed by atoms with Crippen LogP contribution >= 0.6 is 0 Å². The van der Waals surface area contributed by atoms with E-state index in [0.29, 0.717) is 0 Å². The summed E-state index contributed by atoms with van der Waals surface area (Å²) in [5, 5.41) is 0. The Kier molecular flexibility index (Phi) is 10.2. The van der Waals surface area contributed by atoms with E-state index in [9.17, 15) is 0 Å². The quantitative estimate of drug-likeness (QED) is 0.335. The minimum absolute atomic E-state index is 0.913. The van der Waals surface area contributed by atoms with Gasteiger partial charge in [0.2, 0.25) is 0 Å². The molecule has 4 aromatic rings. The van der Waals surface area contributed by atoms with Crippen LogP contribution in [0.25, 0.3) is 0 Å². The Morgan fingerprint density at radius 3 is 1.18 bits per heavy atom. The Morgan fingerprint density at radius 1 is 0.500 bits per heavy atom. The van der Waals surface area contributed by atoms with Crippen molar-refractivity contribution in [2.45, 2.75) is 39.9 Å². The molecule has 4 aromatic carbocycles. The predicted octanol–water partition coefficient (Wildman–Crippen LogP) is 5.20. The van der Waals surface area contributed by atoms with Gasteiger partial charge >= 0.3 is 0 Å². The van der Waals surface area contributed by atoms with Crippen molar-refractivity contribution < 1.29 is 4.90 Å². The van der Waals surface area contributed by atoms with Crippen LogP contribution in [0.15, 0.2) is 121 Å². The van der Waals surface area contributed by atoms with E-state index >= 15 is 0 Å². The fourth-order valence-electron chi connectivity index (χ4n) is 5.26. The van der Waals surface area contributed by atoms with Crippen molar-refractivity contribution in [2.24, 2.45) is 0 Å². The zero-order valence-electron chi connectivity index (χ0n) is 21.2. The van der Waals surface area contributed by atoms with Gasteiger partial charge in [-0.25, -0.2) is 0 Å². The molecule has 0 heterocycles. The number of hydrogen-bond donors (Lipinski definition) is 1. The fraction of sp³-hybridized carbons (Fsp3) is 0.250. The second-order valence-corrected chi connectivity index (χ2v) is 9.10. The number of quaternary nitrogens is 1. The lowest BCUT2D eigenvalue weighted by molar-refractivity contribution is -0.828. The van der Waals surface area contributed by atoms with E-state index in [0.717, 1.165) is 0 Å². The maximum atomic E-state index is 2.30. The lowest BCUT2D eigenvalue weighted by Gasteiger charge is -2.43. The molecule has 4 rings (SSSR count). The summed E-state index contributed by atoms with van der Waals surface area (Å²) < 4.78 is 0. The fourth-order valence-corrected chi connectivity index (χ4v) is 5.26. The van der Waals surface area contributed by atoms with Crippen molar-refractivity contribution in [2.75, 3.05) is 13.1 Å². The third kappa shape index (κ3) is 6.27. The van der Waals surface area contributed by atoms with E-state index in [2.05, 4.69) is 142 Å². The maximum Gasteiger partial charge on any atom is 0.131 e. The molecule has 0 radical (unpaired) electrons. The highest BCUT2D eigenvalue weighted by Crippen LogP contribution is 2.16. The van der Waals surface area contributed by atoms with Crippen LogP contribution in [0.5, 0.6) is 0 Å². The zero-order chi connectivity index (χ0) is 24.1. The first-order valence-corrected chi connectivity index (χ1v) is 13.0. The molecular weight excluding hydrogens is 409 g/mol. The molecule has 0 aliphatic heterocycles. The molecule has 0 unspecified atom stereocenters. The van der Waals surface area contributed by atoms with Gasteiger partial charge in [0.05, 0.1) is 19.2 Å². The highest BCUT2D eigenvalue weighted by atomic mass is 15.1. The molecule has 0 aromatic heterocycles. The van der Waals surface area contributed by atoms with Crippen LogP contribution in [0.3, 0.4) is 0 Å². The molecule has 0 spiro atoms. The molecule has 1 N–H and O–H groups in total. The van der Waals surface area contributed by atoms with Crippen molar-refractivity contribution >= 4 is 28.2 Å². The minimum atomic E-state index is -0.913. The van der Waals surface area contributed by atoms with Gasteiger partial charge in [-0.15, -0.1) is 0 Å². The van der Waals surface area contributed by atoms with E-state index in [1.165, 1.54) is 54.3 Å². The highest BCUT2D eigenvalue weighted by molar-refractivity contribution is 7.11. The summed E-state index contributed by atoms with van der Waals surface area (Å²) in [5.41, 5.74) is 5.73. The van der Waals surface area contributed by atoms with Crippen LogP contribution in [0, 0.1) is 0 Å². The molecule has 0 amide bonds. The number of para-hydroxylation sites is 1. The minimum Gasteiger partial charge on any atom is -0.303 e. The Bertz CT molecular complexity index is 949. The van der Waals surface area contributed by atoms with Crippen molar-refractivity contribution in [3.8, 4) is 0 Å². The topological polar surface area (TPSA) is 4.44 Å². The zero-order valence-corrected chi connectivity index (χ0v) is 21.2. The van der Waals surface area contributed by atoms with Gasteiger partial charge in [-0.2, -0.15) is 22.7 Å². The van der Waals surface area contributed by atoms with Crippen molar-refractivity contribution in [3.63, 3.8) is 0 Å². The van der Waals surface area contributed by atoms with E-state index in [-0.39, 0.29) is 0 Å². The first kappa shape index (κ1) is 25.5. The molecule has 0 aliphatic carbocycles. The van der Waals surface area contributed by atoms with Crippen LogP contribution in [0.1, 0.15) is 33.6 Å². The van der Waals surface area contributed by atoms with Crippen molar-refractivity contribution in [3.05, 3.63) is 121 Å². The SMILES string of the molecule is CCCC[B-](c1ccccc1)(c1ccccc1)c1ccccc1.CC[NH+](CC)c1ccccc1. The number of nitrogens with one attached hydrogen (secondary N) is 1. The number of rotatable bonds is 9. The van der Waals surface area contributed by atoms with Crippen molar-refractivity contribution in [1.82, 2.24) is 0 Å². The summed E-state index contributed by atoms with van der Waals surface area (Å²) in [6.07, 6.45) is 2.73. The second-order valence-electron chi connectivity index (χ2n) is 9.10. The predicted molar refractivity (Wildman–Crippen MR) is 152 cm³/mol. The smallest absolute Gasteiger partial charge is 0.131 e. The molecule has 0 bridgehead atoms. The van der Waals surface area contributed by atoms with Gasteiger partial charge < -0.3 is 4.90 Å². The Balaban J connectivity index is 0.000000248. The van der Waals surface area contributed by atoms with Gasteiger partial charge in [-0.3, -0.25) is 0 Å². The van der Waals surface area contributed by atoms with Crippen LogP contribution < -0.4 is 21.3 Å². The third-order valence-corrected chi connectivity index (χ3v) is 7.13. The van der Waals surface area contributed by atoms with Crippen LogP contribution in [-0.2, 0) is 0 Å². The maximum absolute atomic E-state index is 2.30. The molecule has 176 valence electrons. The molecule has 0 saturated carbocycles. The lowest BCUT2D eigenvalue weighted by atomic mass is 9.14. The molecular formula is C32H40BN. The summed E-state index contributed by atoms with van der Waals surface area (Å²) in [4.78, 5) is 1.55. The average molecular weight is 449 g/mol. The first-order chi connectivity index (χ1) is 16.8. The number of unbranched alkanes of at least 4 members (excludes halogenated alkanes) is 1. The van der Waals surface area contributed by atoms with Gasteiger partial charge in [0.1, 0.15) is 5.69 Å². The third-order valence-electron chi connectivity index (χ3n) is 7.13. The normalized spacial score (nSPS) is 11.1. The molecule has 1 nitrogen and oxygen atoms in total. The average Bonchev–Trinajstić information content (AvgIpc) is 2.93. The van der Waals surface area contributed by atoms with Crippen LogP contribution in [0.2, 0.25) is 6.32 Å². The van der Waals surface area contributed by atoms with E-state index < -0.39 is 6.15 Å². The van der Waals surface area contributed by atoms with Gasteiger partial charge in [0, 0.05) is 0 Å². The van der Waals surface area contributed by atoms with Crippen LogP contribution in [-0.4, -0.2) is 19.2 Å². The van der Waals surface area contributed by atoms with Gasteiger partial charge in [0.25, 0.3) is 0 Å². The molecule has 2 heteroatoms. The van der Waals surface area contributed by atoms with Gasteiger partial charge in [0.15, 0.2) is 0 Å². The van der Waals surface area contributed by atoms with Crippen LogP contribution in [0.4, 0.5) is 5.69 Å². The number of benzene rings is 4. The molecule has 0 aliphatic rings. The monoisotopic (exact) mass is 449 g/mol. The van der Waals surface area contributed by atoms with E-state index in [1.807, 2.05) is 0 Å². The molecule has 34 heavy (non-hydrogen) atoms. The van der Waals surface area contributed by atoms with E-state index in [1.54, 1.807) is 4.90 Å². The molecule has 0 saturated heterocycles. The Morgan fingerprint density at radius 2 is 0.853 bits per heavy atom. The standard InChI is InChI=1S/C22H24B.C10H15N/c1-2-3-19-23(20-13-7-4-8-14-20,21-15-9-5-10-16-21)22-17-11-6-12-18-22;1-3-11(4-2)10-8-6-5-7-9-10/h4-18H,2-3,19H2,1H3;5-9H,3-4H2,1-2H3/q-1;/p+1. The Hall–Kier alpha value is -3.10. The molecule has 0 atom stereocenters. The van der Waals surface area contributed by atoms with Gasteiger partial charge in [-0.05, 0) is 26.0 Å². The first-order valence-electron chi connectivity index (χ1n) is 13.0. The largest absolute Gasteiger partial charge is 0.303 e. The molecule has 0 fully saturated rings. The summed E-state index contributed by atoms with van der Waals surface area (Å²) in [6, 6.07) is 43.8. The Labute approximate surface area is 207 Å². The summed E-state index contributed by atoms with van der Waals surface area (Å²) in [6.45, 7) is 9.04.